The molecule has 4 radical (unpaired) electrons. The van der Waals surface area contributed by atoms with Gasteiger partial charge in [0.1, 0.15) is 6.04 Å². The molecular formula is C11H10B2N2O2. The van der Waals surface area contributed by atoms with Gasteiger partial charge in [0, 0.05) is 0 Å². The lowest BCUT2D eigenvalue weighted by atomic mass is 9.56. The Kier molecular flexibility index (Phi) is 2.73. The Hall–Kier alpha value is -1.71. The van der Waals surface area contributed by atoms with E-state index in [1.165, 1.54) is 0 Å². The summed E-state index contributed by atoms with van der Waals surface area (Å²) < 4.78 is 0. The summed E-state index contributed by atoms with van der Waals surface area (Å²) in [5.41, 5.74) is 0.566. The Morgan fingerprint density at radius 3 is 2.29 bits per heavy atom. The molecule has 0 bridgehead atoms. The smallest absolute Gasteiger partial charge is 0.320 e. The number of imide groups is 1. The average molecular weight is 224 g/mol. The zero-order valence-corrected chi connectivity index (χ0v) is 9.38. The molecule has 1 heterocycles. The summed E-state index contributed by atoms with van der Waals surface area (Å²) in [6, 6.07) is 7.52. The van der Waals surface area contributed by atoms with Gasteiger partial charge in [-0.3, -0.25) is 10.1 Å². The van der Waals surface area contributed by atoms with Crippen molar-refractivity contribution in [2.45, 2.75) is 18.3 Å². The van der Waals surface area contributed by atoms with Gasteiger partial charge in [-0.25, -0.2) is 4.79 Å². The number of carbonyl (C=O) groups excluding carboxylic acids is 2. The first-order valence-corrected chi connectivity index (χ1v) is 5.22. The maximum absolute atomic E-state index is 11.6. The highest BCUT2D eigenvalue weighted by molar-refractivity contribution is 6.41. The van der Waals surface area contributed by atoms with Gasteiger partial charge in [0.05, 0.1) is 15.7 Å². The highest BCUT2D eigenvalue weighted by Crippen LogP contribution is 2.26. The van der Waals surface area contributed by atoms with Crippen LogP contribution in [-0.4, -0.2) is 38.6 Å². The first kappa shape index (κ1) is 11.8. The first-order valence-electron chi connectivity index (χ1n) is 5.22. The second kappa shape index (κ2) is 3.95. The number of urea groups is 1. The molecule has 3 amide bonds. The topological polar surface area (TPSA) is 49.4 Å². The van der Waals surface area contributed by atoms with Gasteiger partial charge in [0.25, 0.3) is 5.91 Å². The van der Waals surface area contributed by atoms with E-state index in [9.17, 15) is 9.59 Å². The van der Waals surface area contributed by atoms with Crippen LogP contribution in [0, 0.1) is 0 Å². The number of carbonyl (C=O) groups is 2. The number of benzene rings is 1. The van der Waals surface area contributed by atoms with Crippen LogP contribution in [0.5, 0.6) is 0 Å². The lowest BCUT2D eigenvalue weighted by Gasteiger charge is -2.38. The largest absolute Gasteiger partial charge is 0.324 e. The SMILES string of the molecule is [B]C([B])(c1ccccc1)N1C(=O)NC(=O)C1C. The molecule has 0 aromatic heterocycles. The van der Waals surface area contributed by atoms with Crippen molar-refractivity contribution >= 4 is 27.6 Å². The van der Waals surface area contributed by atoms with E-state index in [0.717, 1.165) is 4.90 Å². The minimum Gasteiger partial charge on any atom is -0.320 e. The fourth-order valence-electron chi connectivity index (χ4n) is 1.90. The summed E-state index contributed by atoms with van der Waals surface area (Å²) in [6.07, 6.45) is 0. The molecule has 1 N–H and O–H groups in total. The molecule has 82 valence electrons. The molecule has 6 heteroatoms. The van der Waals surface area contributed by atoms with E-state index < -0.39 is 23.3 Å². The summed E-state index contributed by atoms with van der Waals surface area (Å²) in [6.45, 7) is 1.58. The Labute approximate surface area is 102 Å². The van der Waals surface area contributed by atoms with E-state index in [2.05, 4.69) is 5.32 Å². The maximum atomic E-state index is 11.6. The lowest BCUT2D eigenvalue weighted by molar-refractivity contribution is -0.121. The molecule has 1 aliphatic heterocycles. The molecule has 1 unspecified atom stereocenters. The van der Waals surface area contributed by atoms with Crippen LogP contribution >= 0.6 is 0 Å². The molecule has 4 nitrogen and oxygen atoms in total. The molecule has 0 spiro atoms. The van der Waals surface area contributed by atoms with Crippen molar-refractivity contribution in [3.05, 3.63) is 35.9 Å². The fourth-order valence-corrected chi connectivity index (χ4v) is 1.90. The van der Waals surface area contributed by atoms with Crippen LogP contribution in [-0.2, 0) is 10.1 Å². The molecule has 2 rings (SSSR count). The molecular weight excluding hydrogens is 214 g/mol. The van der Waals surface area contributed by atoms with E-state index in [1.807, 2.05) is 6.07 Å². The third kappa shape index (κ3) is 1.84. The van der Waals surface area contributed by atoms with E-state index in [1.54, 1.807) is 31.2 Å². The minimum atomic E-state index is -1.50. The monoisotopic (exact) mass is 224 g/mol. The maximum Gasteiger partial charge on any atom is 0.324 e. The van der Waals surface area contributed by atoms with E-state index >= 15 is 0 Å². The Bertz CT molecular complexity index is 462. The third-order valence-electron chi connectivity index (χ3n) is 2.85. The highest BCUT2D eigenvalue weighted by atomic mass is 16.2. The van der Waals surface area contributed by atoms with Crippen LogP contribution in [0.1, 0.15) is 12.5 Å². The number of hydrogen-bond donors (Lipinski definition) is 1. The highest BCUT2D eigenvalue weighted by Gasteiger charge is 2.43. The molecule has 1 aromatic rings. The van der Waals surface area contributed by atoms with Gasteiger partial charge < -0.3 is 4.90 Å². The van der Waals surface area contributed by atoms with Crippen molar-refractivity contribution in [3.63, 3.8) is 0 Å². The number of nitrogens with one attached hydrogen (secondary N) is 1. The zero-order valence-electron chi connectivity index (χ0n) is 9.38. The Morgan fingerprint density at radius 2 is 1.82 bits per heavy atom. The van der Waals surface area contributed by atoms with Crippen LogP contribution in [0.25, 0.3) is 0 Å². The first-order chi connectivity index (χ1) is 7.94. The molecule has 1 atom stereocenters. The molecule has 1 aliphatic rings. The van der Waals surface area contributed by atoms with Crippen molar-refractivity contribution in [1.82, 2.24) is 10.2 Å². The summed E-state index contributed by atoms with van der Waals surface area (Å²) in [5.74, 6) is -0.397. The summed E-state index contributed by atoms with van der Waals surface area (Å²) in [5, 5.41) is 0.678. The second-order valence-corrected chi connectivity index (χ2v) is 4.03. The molecule has 17 heavy (non-hydrogen) atoms. The normalized spacial score (nSPS) is 20.5. The summed E-state index contributed by atoms with van der Waals surface area (Å²) in [7, 11) is 12.0. The lowest BCUT2D eigenvalue weighted by Crippen LogP contribution is -2.52. The summed E-state index contributed by atoms with van der Waals surface area (Å²) >= 11 is 0. The predicted octanol–water partition coefficient (Wildman–Crippen LogP) is 0.0742. The Morgan fingerprint density at radius 1 is 1.24 bits per heavy atom. The van der Waals surface area contributed by atoms with Crippen molar-refractivity contribution in [2.75, 3.05) is 0 Å². The van der Waals surface area contributed by atoms with Gasteiger partial charge >= 0.3 is 6.03 Å². The van der Waals surface area contributed by atoms with E-state index in [4.69, 9.17) is 15.7 Å². The van der Waals surface area contributed by atoms with Crippen molar-refractivity contribution in [2.24, 2.45) is 0 Å². The quantitative estimate of drug-likeness (QED) is 0.570. The van der Waals surface area contributed by atoms with Gasteiger partial charge in [0.15, 0.2) is 0 Å². The average Bonchev–Trinajstić information content (AvgIpc) is 2.54. The Balaban J connectivity index is 2.39. The van der Waals surface area contributed by atoms with Gasteiger partial charge in [-0.1, -0.05) is 30.3 Å². The predicted molar refractivity (Wildman–Crippen MR) is 64.5 cm³/mol. The number of hydrogen-bond acceptors (Lipinski definition) is 2. The molecule has 1 fully saturated rings. The second-order valence-electron chi connectivity index (χ2n) is 4.03. The third-order valence-corrected chi connectivity index (χ3v) is 2.85. The van der Waals surface area contributed by atoms with Gasteiger partial charge in [-0.15, -0.1) is 0 Å². The van der Waals surface area contributed by atoms with Crippen molar-refractivity contribution in [1.29, 1.82) is 0 Å². The van der Waals surface area contributed by atoms with Crippen molar-refractivity contribution < 1.29 is 9.59 Å². The number of rotatable bonds is 2. The van der Waals surface area contributed by atoms with Gasteiger partial charge in [-0.2, -0.15) is 0 Å². The van der Waals surface area contributed by atoms with Crippen molar-refractivity contribution in [3.8, 4) is 0 Å². The standard InChI is InChI=1S/C11H10B2N2O2/c1-7-9(16)14-10(17)15(7)11(12,13)8-5-3-2-4-6-8/h2-7H,1H3,(H,14,16,17). The molecule has 1 aromatic carbocycles. The fraction of sp³-hybridized carbons (Fsp3) is 0.273. The van der Waals surface area contributed by atoms with Crippen LogP contribution < -0.4 is 5.32 Å². The van der Waals surface area contributed by atoms with Gasteiger partial charge in [0.2, 0.25) is 0 Å². The van der Waals surface area contributed by atoms with E-state index in [-0.39, 0.29) is 0 Å². The van der Waals surface area contributed by atoms with Gasteiger partial charge in [-0.05, 0) is 17.8 Å². The molecule has 1 saturated heterocycles. The van der Waals surface area contributed by atoms with Crippen LogP contribution in [0.4, 0.5) is 4.79 Å². The molecule has 0 aliphatic carbocycles. The van der Waals surface area contributed by atoms with Crippen LogP contribution in [0.15, 0.2) is 30.3 Å². The number of amides is 3. The minimum absolute atomic E-state index is 0.397. The van der Waals surface area contributed by atoms with E-state index in [0.29, 0.717) is 5.56 Å². The van der Waals surface area contributed by atoms with Crippen LogP contribution in [0.2, 0.25) is 0 Å². The summed E-state index contributed by atoms with van der Waals surface area (Å²) in [4.78, 5) is 24.2. The molecule has 0 saturated carbocycles. The number of nitrogens with zero attached hydrogens (tertiary/aromatic N) is 1. The zero-order chi connectivity index (χ0) is 12.6. The van der Waals surface area contributed by atoms with Crippen LogP contribution in [0.3, 0.4) is 0 Å².